The van der Waals surface area contributed by atoms with Crippen LogP contribution in [0.5, 0.6) is 0 Å². The third-order valence-corrected chi connectivity index (χ3v) is 14.8. The molecule has 0 aliphatic rings. The fourth-order valence-electron chi connectivity index (χ4n) is 11.9. The van der Waals surface area contributed by atoms with Crippen LogP contribution in [0.4, 0.5) is 0 Å². The topological polar surface area (TPSA) is 0 Å². The highest BCUT2D eigenvalue weighted by Gasteiger charge is 2.24. The Morgan fingerprint density at radius 2 is 0.470 bits per heavy atom. The van der Waals surface area contributed by atoms with Gasteiger partial charge in [0, 0.05) is 0 Å². The predicted octanol–water partition coefficient (Wildman–Crippen LogP) is 18.8. The SMILES string of the molecule is Cc1cccc(C)c1-c1cc(-c2cc3ccccc3c3ccccc23)c2ccc3c(-c4cc5ccccc5c5ccccc45)cc(-c4cc5ccccc5c5ccccc45)c4ccc1c2c43. The molecule has 0 aliphatic carbocycles. The van der Waals surface area contributed by atoms with Crippen LogP contribution in [0.15, 0.2) is 218 Å². The van der Waals surface area contributed by atoms with Gasteiger partial charge in [0.25, 0.3) is 0 Å². The van der Waals surface area contributed by atoms with E-state index in [0.29, 0.717) is 0 Å². The Hall–Kier alpha value is -8.32. The number of aryl methyl sites for hydroxylation is 2. The lowest BCUT2D eigenvalue weighted by Gasteiger charge is -2.24. The molecule has 306 valence electrons. The van der Waals surface area contributed by atoms with Gasteiger partial charge < -0.3 is 0 Å². The summed E-state index contributed by atoms with van der Waals surface area (Å²) in [7, 11) is 0. The van der Waals surface area contributed by atoms with E-state index in [-0.39, 0.29) is 0 Å². The molecule has 0 radical (unpaired) electrons. The quantitative estimate of drug-likeness (QED) is 0.155. The number of hydrogen-bond donors (Lipinski definition) is 0. The average Bonchev–Trinajstić information content (AvgIpc) is 3.37. The monoisotopic (exact) mass is 834 g/mol. The molecule has 0 nitrogen and oxygen atoms in total. The van der Waals surface area contributed by atoms with Crippen LogP contribution in [0.2, 0.25) is 0 Å². The maximum absolute atomic E-state index is 2.53. The van der Waals surface area contributed by atoms with E-state index in [1.165, 1.54) is 153 Å². The molecule has 0 atom stereocenters. The molecular formula is C66H42. The molecule has 0 fully saturated rings. The first-order valence-corrected chi connectivity index (χ1v) is 23.2. The summed E-state index contributed by atoms with van der Waals surface area (Å²) in [6.45, 7) is 4.55. The summed E-state index contributed by atoms with van der Waals surface area (Å²) in [6.07, 6.45) is 0. The van der Waals surface area contributed by atoms with Crippen molar-refractivity contribution in [3.05, 3.63) is 230 Å². The van der Waals surface area contributed by atoms with Gasteiger partial charge in [-0.15, -0.1) is 0 Å². The van der Waals surface area contributed by atoms with Crippen molar-refractivity contribution in [2.24, 2.45) is 0 Å². The fraction of sp³-hybridized carbons (Fsp3) is 0.0303. The lowest BCUT2D eigenvalue weighted by Crippen LogP contribution is -1.97. The molecule has 0 aliphatic heterocycles. The molecule has 66 heavy (non-hydrogen) atoms. The van der Waals surface area contributed by atoms with Gasteiger partial charge in [0.05, 0.1) is 0 Å². The van der Waals surface area contributed by atoms with Gasteiger partial charge in [-0.25, -0.2) is 0 Å². The van der Waals surface area contributed by atoms with E-state index in [2.05, 4.69) is 232 Å². The Morgan fingerprint density at radius 3 is 0.833 bits per heavy atom. The molecule has 0 N–H and O–H groups in total. The van der Waals surface area contributed by atoms with Crippen LogP contribution >= 0.6 is 0 Å². The lowest BCUT2D eigenvalue weighted by molar-refractivity contribution is 1.39. The summed E-state index contributed by atoms with van der Waals surface area (Å²) in [6, 6.07) is 82.5. The van der Waals surface area contributed by atoms with Crippen LogP contribution in [0.3, 0.4) is 0 Å². The largest absolute Gasteiger partial charge is 0.0617 e. The van der Waals surface area contributed by atoms with Gasteiger partial charge in [-0.1, -0.05) is 188 Å². The minimum absolute atomic E-state index is 1.25. The maximum Gasteiger partial charge on any atom is -0.00139 e. The van der Waals surface area contributed by atoms with Crippen LogP contribution in [-0.4, -0.2) is 0 Å². The molecule has 0 bridgehead atoms. The third kappa shape index (κ3) is 5.27. The molecule has 14 aromatic carbocycles. The smallest absolute Gasteiger partial charge is 0.00139 e. The fourth-order valence-corrected chi connectivity index (χ4v) is 11.9. The molecular weight excluding hydrogens is 793 g/mol. The van der Waals surface area contributed by atoms with E-state index in [0.717, 1.165) is 0 Å². The zero-order valence-electron chi connectivity index (χ0n) is 36.8. The highest BCUT2D eigenvalue weighted by Crippen LogP contribution is 2.52. The van der Waals surface area contributed by atoms with Gasteiger partial charge in [0.2, 0.25) is 0 Å². The van der Waals surface area contributed by atoms with Crippen molar-refractivity contribution in [3.8, 4) is 44.5 Å². The summed E-state index contributed by atoms with van der Waals surface area (Å²) in [5.41, 5.74) is 12.7. The molecule has 0 saturated carbocycles. The summed E-state index contributed by atoms with van der Waals surface area (Å²) in [5, 5.41) is 22.9. The van der Waals surface area contributed by atoms with E-state index >= 15 is 0 Å². The summed E-state index contributed by atoms with van der Waals surface area (Å²) >= 11 is 0. The second kappa shape index (κ2) is 14.1. The molecule has 0 spiro atoms. The summed E-state index contributed by atoms with van der Waals surface area (Å²) < 4.78 is 0. The zero-order valence-corrected chi connectivity index (χ0v) is 36.8. The first-order chi connectivity index (χ1) is 32.6. The molecule has 14 aromatic rings. The maximum atomic E-state index is 2.53. The van der Waals surface area contributed by atoms with Crippen LogP contribution in [-0.2, 0) is 0 Å². The van der Waals surface area contributed by atoms with Crippen LogP contribution in [0.25, 0.3) is 141 Å². The first kappa shape index (κ1) is 37.1. The molecule has 0 unspecified atom stereocenters. The Morgan fingerprint density at radius 1 is 0.197 bits per heavy atom. The second-order valence-electron chi connectivity index (χ2n) is 18.4. The minimum Gasteiger partial charge on any atom is -0.0617 e. The average molecular weight is 835 g/mol. The second-order valence-corrected chi connectivity index (χ2v) is 18.4. The van der Waals surface area contributed by atoms with Crippen molar-refractivity contribution < 1.29 is 0 Å². The van der Waals surface area contributed by atoms with Gasteiger partial charge in [-0.2, -0.15) is 0 Å². The Bertz CT molecular complexity index is 4200. The van der Waals surface area contributed by atoms with Crippen molar-refractivity contribution in [2.45, 2.75) is 13.8 Å². The van der Waals surface area contributed by atoms with Crippen LogP contribution in [0, 0.1) is 13.8 Å². The number of rotatable bonds is 4. The molecule has 0 amide bonds. The highest BCUT2D eigenvalue weighted by atomic mass is 14.3. The van der Waals surface area contributed by atoms with Gasteiger partial charge in [0.15, 0.2) is 0 Å². The van der Waals surface area contributed by atoms with Gasteiger partial charge in [-0.3, -0.25) is 0 Å². The van der Waals surface area contributed by atoms with Crippen molar-refractivity contribution in [1.29, 1.82) is 0 Å². The van der Waals surface area contributed by atoms with Crippen molar-refractivity contribution in [2.75, 3.05) is 0 Å². The molecule has 0 aromatic heterocycles. The van der Waals surface area contributed by atoms with E-state index < -0.39 is 0 Å². The van der Waals surface area contributed by atoms with Gasteiger partial charge in [-0.05, 0) is 197 Å². The minimum atomic E-state index is 1.25. The van der Waals surface area contributed by atoms with Crippen LogP contribution < -0.4 is 0 Å². The summed E-state index contributed by atoms with van der Waals surface area (Å²) in [4.78, 5) is 0. The molecule has 14 rings (SSSR count). The Balaban J connectivity index is 1.22. The Labute approximate surface area is 383 Å². The van der Waals surface area contributed by atoms with Crippen LogP contribution in [0.1, 0.15) is 11.1 Å². The number of benzene rings is 14. The van der Waals surface area contributed by atoms with Crippen molar-refractivity contribution in [1.82, 2.24) is 0 Å². The lowest BCUT2D eigenvalue weighted by atomic mass is 9.79. The normalized spacial score (nSPS) is 12.1. The third-order valence-electron chi connectivity index (χ3n) is 14.8. The van der Waals surface area contributed by atoms with Gasteiger partial charge >= 0.3 is 0 Å². The molecule has 0 saturated heterocycles. The highest BCUT2D eigenvalue weighted by molar-refractivity contribution is 6.34. The van der Waals surface area contributed by atoms with E-state index in [1.54, 1.807) is 0 Å². The zero-order chi connectivity index (χ0) is 43.6. The first-order valence-electron chi connectivity index (χ1n) is 23.2. The van der Waals surface area contributed by atoms with E-state index in [1.807, 2.05) is 0 Å². The van der Waals surface area contributed by atoms with Gasteiger partial charge in [0.1, 0.15) is 0 Å². The predicted molar refractivity (Wildman–Crippen MR) is 286 cm³/mol. The summed E-state index contributed by atoms with van der Waals surface area (Å²) in [5.74, 6) is 0. The number of hydrogen-bond acceptors (Lipinski definition) is 0. The number of fused-ring (bicyclic) bond motifs is 9. The van der Waals surface area contributed by atoms with Crippen molar-refractivity contribution in [3.63, 3.8) is 0 Å². The van der Waals surface area contributed by atoms with E-state index in [4.69, 9.17) is 0 Å². The van der Waals surface area contributed by atoms with Crippen molar-refractivity contribution >= 4 is 97.0 Å². The standard InChI is InChI=1S/C66H42/c1-39-16-15-17-40(2)64(39)63-38-62(59-36-43-20-5-8-23-46(43)49-26-11-14-29-52(49)59)55-31-30-53-60(57-34-41-18-3-6-21-44(41)47-24-9-12-27-50(47)57)37-61(54-32-33-56(63)66(55)65(53)54)58-35-42-19-4-7-22-45(42)48-25-10-13-28-51(48)58/h3-38H,1-2H3. The Kier molecular flexibility index (Phi) is 7.92. The molecule has 0 heterocycles. The molecule has 0 heteroatoms. The van der Waals surface area contributed by atoms with E-state index in [9.17, 15) is 0 Å².